The Hall–Kier alpha value is -3.39. The van der Waals surface area contributed by atoms with E-state index in [4.69, 9.17) is 9.47 Å². The summed E-state index contributed by atoms with van der Waals surface area (Å²) in [5.74, 6) is -1.17. The molecule has 8 nitrogen and oxygen atoms in total. The van der Waals surface area contributed by atoms with E-state index in [1.54, 1.807) is 11.8 Å². The summed E-state index contributed by atoms with van der Waals surface area (Å²) in [6.45, 7) is 2.82. The van der Waals surface area contributed by atoms with Crippen molar-refractivity contribution in [3.63, 3.8) is 0 Å². The van der Waals surface area contributed by atoms with E-state index < -0.39 is 23.5 Å². The van der Waals surface area contributed by atoms with Crippen LogP contribution in [0.5, 0.6) is 0 Å². The third kappa shape index (κ3) is 5.17. The number of ether oxygens (including phenoxy) is 2. The van der Waals surface area contributed by atoms with Crippen LogP contribution in [-0.2, 0) is 19.1 Å². The molecule has 1 heterocycles. The molecule has 0 saturated carbocycles. The Labute approximate surface area is 205 Å². The number of carboxylic acid groups (broad SMARTS) is 1. The molecule has 0 spiro atoms. The average molecular weight is 481 g/mol. The number of methoxy groups -OCH3 is 1. The molecule has 0 radical (unpaired) electrons. The minimum absolute atomic E-state index is 0.0722. The van der Waals surface area contributed by atoms with E-state index in [1.807, 2.05) is 36.4 Å². The quantitative estimate of drug-likeness (QED) is 0.598. The molecular weight excluding hydrogens is 448 g/mol. The number of hydrogen-bond acceptors (Lipinski definition) is 5. The average Bonchev–Trinajstić information content (AvgIpc) is 3.19. The van der Waals surface area contributed by atoms with Gasteiger partial charge in [0.15, 0.2) is 0 Å². The Kier molecular flexibility index (Phi) is 7.40. The zero-order chi connectivity index (χ0) is 25.0. The number of alkyl carbamates (subject to hydrolysis) is 1. The number of likely N-dealkylation sites (tertiary alicyclic amines) is 1. The Morgan fingerprint density at radius 1 is 1.06 bits per heavy atom. The highest BCUT2D eigenvalue weighted by atomic mass is 16.5. The molecule has 2 aromatic rings. The Morgan fingerprint density at radius 2 is 1.63 bits per heavy atom. The van der Waals surface area contributed by atoms with Crippen LogP contribution in [0.4, 0.5) is 4.79 Å². The molecule has 1 unspecified atom stereocenters. The van der Waals surface area contributed by atoms with Gasteiger partial charge in [-0.15, -0.1) is 0 Å². The van der Waals surface area contributed by atoms with Crippen molar-refractivity contribution in [3.05, 3.63) is 59.7 Å². The van der Waals surface area contributed by atoms with E-state index in [9.17, 15) is 19.5 Å². The van der Waals surface area contributed by atoms with Gasteiger partial charge in [-0.2, -0.15) is 0 Å². The zero-order valence-electron chi connectivity index (χ0n) is 20.2. The first-order valence-electron chi connectivity index (χ1n) is 12.0. The van der Waals surface area contributed by atoms with Gasteiger partial charge in [0.1, 0.15) is 12.6 Å². The maximum atomic E-state index is 13.2. The fourth-order valence-electron chi connectivity index (χ4n) is 4.93. The molecule has 2 aromatic carbocycles. The van der Waals surface area contributed by atoms with E-state index in [1.165, 1.54) is 7.11 Å². The van der Waals surface area contributed by atoms with Gasteiger partial charge >= 0.3 is 12.1 Å². The van der Waals surface area contributed by atoms with Crippen LogP contribution in [0, 0.1) is 5.41 Å². The first-order chi connectivity index (χ1) is 16.8. The van der Waals surface area contributed by atoms with Gasteiger partial charge in [-0.25, -0.2) is 4.79 Å². The number of rotatable bonds is 8. The van der Waals surface area contributed by atoms with Crippen LogP contribution in [-0.4, -0.2) is 67.4 Å². The SMILES string of the molecule is COCCC(NC(=O)OCC1c2ccccc2-c2ccccc21)C(=O)N1CCC(C)(C(=O)O)CC1. The summed E-state index contributed by atoms with van der Waals surface area (Å²) in [5.41, 5.74) is 3.68. The highest BCUT2D eigenvalue weighted by molar-refractivity contribution is 5.86. The number of nitrogens with one attached hydrogen (secondary N) is 1. The van der Waals surface area contributed by atoms with E-state index in [0.29, 0.717) is 39.0 Å². The van der Waals surface area contributed by atoms with Gasteiger partial charge in [0.05, 0.1) is 5.41 Å². The number of carbonyl (C=O) groups excluding carboxylic acids is 2. The summed E-state index contributed by atoms with van der Waals surface area (Å²) < 4.78 is 10.7. The summed E-state index contributed by atoms with van der Waals surface area (Å²) in [4.78, 5) is 39.0. The summed E-state index contributed by atoms with van der Waals surface area (Å²) in [6.07, 6.45) is 0.381. The molecule has 1 aliphatic carbocycles. The molecule has 186 valence electrons. The van der Waals surface area contributed by atoms with Crippen LogP contribution in [0.2, 0.25) is 0 Å². The first kappa shape index (κ1) is 24.7. The molecule has 2 N–H and O–H groups in total. The predicted molar refractivity (Wildman–Crippen MR) is 130 cm³/mol. The maximum absolute atomic E-state index is 13.2. The number of amides is 2. The lowest BCUT2D eigenvalue weighted by atomic mass is 9.80. The van der Waals surface area contributed by atoms with Gasteiger partial charge in [0.2, 0.25) is 5.91 Å². The lowest BCUT2D eigenvalue weighted by Crippen LogP contribution is -2.53. The van der Waals surface area contributed by atoms with Crippen molar-refractivity contribution in [3.8, 4) is 11.1 Å². The molecule has 0 aromatic heterocycles. The summed E-state index contributed by atoms with van der Waals surface area (Å²) in [6, 6.07) is 15.4. The standard InChI is InChI=1S/C27H32N2O6/c1-27(25(31)32)12-14-29(15-13-27)24(30)23(11-16-34-2)28-26(33)35-17-22-20-9-5-3-7-18(20)19-8-4-6-10-21(19)22/h3-10,22-23H,11-17H2,1-2H3,(H,28,33)(H,31,32). The van der Waals surface area contributed by atoms with Crippen molar-refractivity contribution < 1.29 is 29.0 Å². The Balaban J connectivity index is 1.39. The van der Waals surface area contributed by atoms with Crippen molar-refractivity contribution in [1.82, 2.24) is 10.2 Å². The lowest BCUT2D eigenvalue weighted by molar-refractivity contribution is -0.153. The fourth-order valence-corrected chi connectivity index (χ4v) is 4.93. The second-order valence-electron chi connectivity index (χ2n) is 9.50. The normalized spacial score (nSPS) is 17.3. The van der Waals surface area contributed by atoms with Crippen molar-refractivity contribution >= 4 is 18.0 Å². The van der Waals surface area contributed by atoms with Crippen LogP contribution >= 0.6 is 0 Å². The molecule has 1 aliphatic heterocycles. The molecule has 1 saturated heterocycles. The highest BCUT2D eigenvalue weighted by Gasteiger charge is 2.39. The number of benzene rings is 2. The van der Waals surface area contributed by atoms with E-state index >= 15 is 0 Å². The van der Waals surface area contributed by atoms with E-state index in [-0.39, 0.29) is 18.4 Å². The van der Waals surface area contributed by atoms with Gasteiger partial charge < -0.3 is 24.8 Å². The molecule has 2 amide bonds. The highest BCUT2D eigenvalue weighted by Crippen LogP contribution is 2.44. The summed E-state index contributed by atoms with van der Waals surface area (Å²) in [5, 5.41) is 12.2. The topological polar surface area (TPSA) is 105 Å². The van der Waals surface area contributed by atoms with Crippen LogP contribution in [0.1, 0.15) is 43.2 Å². The number of piperidine rings is 1. The second kappa shape index (κ2) is 10.5. The van der Waals surface area contributed by atoms with Gasteiger partial charge in [-0.3, -0.25) is 9.59 Å². The molecular formula is C27H32N2O6. The minimum atomic E-state index is -0.850. The predicted octanol–water partition coefficient (Wildman–Crippen LogP) is 3.64. The molecule has 1 fully saturated rings. The molecule has 8 heteroatoms. The second-order valence-corrected chi connectivity index (χ2v) is 9.50. The first-order valence-corrected chi connectivity index (χ1v) is 12.0. The monoisotopic (exact) mass is 480 g/mol. The van der Waals surface area contributed by atoms with Gasteiger partial charge in [0, 0.05) is 39.1 Å². The van der Waals surface area contributed by atoms with Crippen molar-refractivity contribution in [2.75, 3.05) is 33.4 Å². The lowest BCUT2D eigenvalue weighted by Gasteiger charge is -2.38. The van der Waals surface area contributed by atoms with Gasteiger partial charge in [-0.1, -0.05) is 48.5 Å². The Bertz CT molecular complexity index is 1050. The van der Waals surface area contributed by atoms with Gasteiger partial charge in [0.25, 0.3) is 0 Å². The number of fused-ring (bicyclic) bond motifs is 3. The van der Waals surface area contributed by atoms with Crippen molar-refractivity contribution in [2.45, 2.75) is 38.1 Å². The largest absolute Gasteiger partial charge is 0.481 e. The van der Waals surface area contributed by atoms with Crippen molar-refractivity contribution in [2.24, 2.45) is 5.41 Å². The van der Waals surface area contributed by atoms with Crippen molar-refractivity contribution in [1.29, 1.82) is 0 Å². The van der Waals surface area contributed by atoms with Crippen LogP contribution < -0.4 is 5.32 Å². The maximum Gasteiger partial charge on any atom is 0.407 e. The third-order valence-electron chi connectivity index (χ3n) is 7.24. The third-order valence-corrected chi connectivity index (χ3v) is 7.24. The zero-order valence-corrected chi connectivity index (χ0v) is 20.2. The number of aliphatic carboxylic acids is 1. The molecule has 4 rings (SSSR count). The van der Waals surface area contributed by atoms with E-state index in [0.717, 1.165) is 22.3 Å². The number of carbonyl (C=O) groups is 3. The fraction of sp³-hybridized carbons (Fsp3) is 0.444. The number of nitrogens with zero attached hydrogens (tertiary/aromatic N) is 1. The molecule has 2 aliphatic rings. The smallest absolute Gasteiger partial charge is 0.407 e. The number of carboxylic acids is 1. The van der Waals surface area contributed by atoms with E-state index in [2.05, 4.69) is 17.4 Å². The van der Waals surface area contributed by atoms with Crippen LogP contribution in [0.25, 0.3) is 11.1 Å². The summed E-state index contributed by atoms with van der Waals surface area (Å²) >= 11 is 0. The van der Waals surface area contributed by atoms with Crippen LogP contribution in [0.3, 0.4) is 0 Å². The Morgan fingerprint density at radius 3 is 2.17 bits per heavy atom. The summed E-state index contributed by atoms with van der Waals surface area (Å²) in [7, 11) is 1.54. The molecule has 0 bridgehead atoms. The minimum Gasteiger partial charge on any atom is -0.481 e. The van der Waals surface area contributed by atoms with Gasteiger partial charge in [-0.05, 0) is 42.0 Å². The molecule has 35 heavy (non-hydrogen) atoms. The van der Waals surface area contributed by atoms with Crippen LogP contribution in [0.15, 0.2) is 48.5 Å². The number of hydrogen-bond donors (Lipinski definition) is 2. The molecule has 1 atom stereocenters.